The summed E-state index contributed by atoms with van der Waals surface area (Å²) in [6.45, 7) is 1.96. The summed E-state index contributed by atoms with van der Waals surface area (Å²) in [7, 11) is 0. The predicted octanol–water partition coefficient (Wildman–Crippen LogP) is 8.91. The molecule has 4 N–H and O–H groups in total. The molecule has 4 bridgehead atoms. The highest BCUT2D eigenvalue weighted by molar-refractivity contribution is 7.99. The monoisotopic (exact) mass is 731 g/mol. The summed E-state index contributed by atoms with van der Waals surface area (Å²) in [5, 5.41) is 19.0. The van der Waals surface area contributed by atoms with Crippen molar-refractivity contribution in [3.63, 3.8) is 0 Å². The molecular formula is C44H49N3O5S. The van der Waals surface area contributed by atoms with E-state index in [1.165, 1.54) is 26.2 Å². The highest BCUT2D eigenvalue weighted by Gasteiger charge is 2.51. The van der Waals surface area contributed by atoms with Gasteiger partial charge in [-0.3, -0.25) is 4.79 Å². The first-order valence-corrected chi connectivity index (χ1v) is 20.0. The number of urea groups is 1. The molecule has 9 heteroatoms. The van der Waals surface area contributed by atoms with Gasteiger partial charge in [-0.2, -0.15) is 0 Å². The van der Waals surface area contributed by atoms with Crippen LogP contribution in [0.3, 0.4) is 0 Å². The fourth-order valence-electron chi connectivity index (χ4n) is 9.55. The number of amides is 3. The molecule has 5 fully saturated rings. The van der Waals surface area contributed by atoms with Gasteiger partial charge in [-0.25, -0.2) is 4.79 Å². The van der Waals surface area contributed by atoms with E-state index in [4.69, 9.17) is 9.47 Å². The van der Waals surface area contributed by atoms with Gasteiger partial charge in [-0.15, -0.1) is 11.8 Å². The van der Waals surface area contributed by atoms with Gasteiger partial charge >= 0.3 is 6.03 Å². The third kappa shape index (κ3) is 8.49. The van der Waals surface area contributed by atoms with E-state index < -0.39 is 6.29 Å². The summed E-state index contributed by atoms with van der Waals surface area (Å²) in [4.78, 5) is 25.8. The van der Waals surface area contributed by atoms with E-state index >= 15 is 0 Å². The quantitative estimate of drug-likeness (QED) is 0.115. The van der Waals surface area contributed by atoms with Gasteiger partial charge in [0.05, 0.1) is 18.8 Å². The molecule has 4 saturated carbocycles. The van der Waals surface area contributed by atoms with E-state index in [9.17, 15) is 14.7 Å². The Hall–Kier alpha value is -4.15. The molecule has 8 nitrogen and oxygen atoms in total. The zero-order chi connectivity index (χ0) is 36.4. The number of carbonyl (C=O) groups excluding carboxylic acids is 2. The standard InChI is InChI=1S/C44H49N3O5S/c1-28(49)46-37-14-16-39(17-15-37)53-27-38-21-41(34-8-6-29(26-48)7-9-34)52-42(51-38)35-12-10-33(11-13-35)40-5-3-2-4-36(40)25-45-43(50)47-44-22-30-18-31(23-44)20-32(19-30)24-44/h2-17,30-32,38,41-42,48H,18-27H2,1H3,(H,46,49)(H2,45,47,50). The summed E-state index contributed by atoms with van der Waals surface area (Å²) in [6.07, 6.45) is 7.34. The number of hydrogen-bond donors (Lipinski definition) is 4. The predicted molar refractivity (Wildman–Crippen MR) is 208 cm³/mol. The number of benzene rings is 4. The average molecular weight is 732 g/mol. The Balaban J connectivity index is 0.939. The van der Waals surface area contributed by atoms with Crippen LogP contribution in [0, 0.1) is 17.8 Å². The van der Waals surface area contributed by atoms with Crippen LogP contribution >= 0.6 is 11.8 Å². The van der Waals surface area contributed by atoms with Gasteiger partial charge in [0.25, 0.3) is 0 Å². The lowest BCUT2D eigenvalue weighted by atomic mass is 9.53. The van der Waals surface area contributed by atoms with E-state index in [0.717, 1.165) is 86.7 Å². The molecule has 1 aliphatic heterocycles. The minimum atomic E-state index is -0.557. The van der Waals surface area contributed by atoms with Crippen LogP contribution in [0.15, 0.2) is 102 Å². The van der Waals surface area contributed by atoms with Gasteiger partial charge in [-0.1, -0.05) is 72.8 Å². The molecule has 4 aromatic rings. The number of aliphatic hydroxyl groups excluding tert-OH is 1. The summed E-state index contributed by atoms with van der Waals surface area (Å²) in [5.74, 6) is 2.99. The molecule has 3 amide bonds. The third-order valence-electron chi connectivity index (χ3n) is 11.6. The number of ether oxygens (including phenoxy) is 2. The van der Waals surface area contributed by atoms with Crippen LogP contribution in [-0.2, 0) is 27.4 Å². The first-order chi connectivity index (χ1) is 25.8. The lowest BCUT2D eigenvalue weighted by molar-refractivity contribution is -0.245. The number of aliphatic hydroxyl groups is 1. The molecule has 0 aromatic heterocycles. The number of anilines is 1. The molecule has 0 spiro atoms. The second kappa shape index (κ2) is 15.7. The maximum absolute atomic E-state index is 13.3. The van der Waals surface area contributed by atoms with Gasteiger partial charge < -0.3 is 30.5 Å². The number of carbonyl (C=O) groups is 2. The van der Waals surface area contributed by atoms with Crippen LogP contribution in [-0.4, -0.2) is 34.4 Å². The second-order valence-corrected chi connectivity index (χ2v) is 16.7. The Morgan fingerprint density at radius 1 is 0.792 bits per heavy atom. The van der Waals surface area contributed by atoms with Crippen molar-refractivity contribution in [3.8, 4) is 11.1 Å². The number of hydrogen-bond acceptors (Lipinski definition) is 6. The van der Waals surface area contributed by atoms with Crippen molar-refractivity contribution in [3.05, 3.63) is 119 Å². The van der Waals surface area contributed by atoms with Gasteiger partial charge in [0, 0.05) is 47.3 Å². The highest BCUT2D eigenvalue weighted by Crippen LogP contribution is 2.55. The lowest BCUT2D eigenvalue weighted by Crippen LogP contribution is -2.61. The van der Waals surface area contributed by atoms with Crippen molar-refractivity contribution in [1.29, 1.82) is 0 Å². The zero-order valence-electron chi connectivity index (χ0n) is 30.3. The third-order valence-corrected chi connectivity index (χ3v) is 12.7. The minimum absolute atomic E-state index is 0.00188. The van der Waals surface area contributed by atoms with Gasteiger partial charge in [-0.05, 0) is 108 Å². The first kappa shape index (κ1) is 35.9. The average Bonchev–Trinajstić information content (AvgIpc) is 3.16. The molecule has 3 atom stereocenters. The molecule has 5 aliphatic rings. The first-order valence-electron chi connectivity index (χ1n) is 19.0. The molecule has 1 saturated heterocycles. The summed E-state index contributed by atoms with van der Waals surface area (Å²) < 4.78 is 13.2. The van der Waals surface area contributed by atoms with E-state index in [1.54, 1.807) is 11.8 Å². The van der Waals surface area contributed by atoms with Gasteiger partial charge in [0.2, 0.25) is 5.91 Å². The topological polar surface area (TPSA) is 109 Å². The molecule has 9 rings (SSSR count). The molecular weight excluding hydrogens is 683 g/mol. The fourth-order valence-corrected chi connectivity index (χ4v) is 10.5. The van der Waals surface area contributed by atoms with Crippen LogP contribution in [0.5, 0.6) is 0 Å². The summed E-state index contributed by atoms with van der Waals surface area (Å²) in [6, 6.07) is 32.4. The summed E-state index contributed by atoms with van der Waals surface area (Å²) >= 11 is 1.72. The minimum Gasteiger partial charge on any atom is -0.392 e. The second-order valence-electron chi connectivity index (χ2n) is 15.7. The van der Waals surface area contributed by atoms with Crippen LogP contribution in [0.4, 0.5) is 10.5 Å². The Labute approximate surface area is 316 Å². The smallest absolute Gasteiger partial charge is 0.315 e. The molecule has 276 valence electrons. The number of nitrogens with one attached hydrogen (secondary N) is 3. The molecule has 1 heterocycles. The van der Waals surface area contributed by atoms with Crippen LogP contribution < -0.4 is 16.0 Å². The van der Waals surface area contributed by atoms with Crippen LogP contribution in [0.25, 0.3) is 11.1 Å². The molecule has 3 unspecified atom stereocenters. The van der Waals surface area contributed by atoms with Crippen molar-refractivity contribution in [2.24, 2.45) is 17.8 Å². The molecule has 4 aliphatic carbocycles. The largest absolute Gasteiger partial charge is 0.392 e. The maximum atomic E-state index is 13.3. The zero-order valence-corrected chi connectivity index (χ0v) is 31.1. The Morgan fingerprint density at radius 3 is 2.11 bits per heavy atom. The van der Waals surface area contributed by atoms with Crippen molar-refractivity contribution in [2.45, 2.75) is 94.0 Å². The highest BCUT2D eigenvalue weighted by atomic mass is 32.2. The Kier molecular flexibility index (Phi) is 10.6. The van der Waals surface area contributed by atoms with Crippen molar-refractivity contribution in [2.75, 3.05) is 11.1 Å². The van der Waals surface area contributed by atoms with E-state index in [0.29, 0.717) is 13.0 Å². The fraction of sp³-hybridized carbons (Fsp3) is 0.409. The van der Waals surface area contributed by atoms with E-state index in [-0.39, 0.29) is 36.3 Å². The Bertz CT molecular complexity index is 1860. The SMILES string of the molecule is CC(=O)Nc1ccc(SCC2CC(c3ccc(CO)cc3)OC(c3ccc(-c4ccccc4CNC(=O)NC45CC6CC(CC(C6)C4)C5)cc3)O2)cc1. The lowest BCUT2D eigenvalue weighted by Gasteiger charge is -2.56. The van der Waals surface area contributed by atoms with Crippen molar-refractivity contribution >= 4 is 29.4 Å². The normalized spacial score (nSPS) is 27.3. The van der Waals surface area contributed by atoms with E-state index in [2.05, 4.69) is 52.3 Å². The van der Waals surface area contributed by atoms with Crippen molar-refractivity contribution in [1.82, 2.24) is 10.6 Å². The summed E-state index contributed by atoms with van der Waals surface area (Å²) in [5.41, 5.74) is 6.82. The maximum Gasteiger partial charge on any atom is 0.315 e. The molecule has 53 heavy (non-hydrogen) atoms. The van der Waals surface area contributed by atoms with Crippen LogP contribution in [0.2, 0.25) is 0 Å². The van der Waals surface area contributed by atoms with E-state index in [1.807, 2.05) is 60.7 Å². The molecule has 4 aromatic carbocycles. The van der Waals surface area contributed by atoms with Gasteiger partial charge in [0.1, 0.15) is 0 Å². The van der Waals surface area contributed by atoms with Crippen LogP contribution in [0.1, 0.15) is 86.5 Å². The van der Waals surface area contributed by atoms with Gasteiger partial charge in [0.15, 0.2) is 6.29 Å². The molecule has 0 radical (unpaired) electrons. The number of rotatable bonds is 11. The Morgan fingerprint density at radius 2 is 1.45 bits per heavy atom. The number of thioether (sulfide) groups is 1. The van der Waals surface area contributed by atoms with Crippen molar-refractivity contribution < 1.29 is 24.2 Å².